The van der Waals surface area contributed by atoms with Gasteiger partial charge in [-0.3, -0.25) is 9.69 Å². The zero-order chi connectivity index (χ0) is 11.8. The fourth-order valence-corrected chi connectivity index (χ4v) is 2.66. The molecule has 0 bridgehead atoms. The Bertz CT molecular complexity index is 272. The normalized spacial score (nSPS) is 31.9. The molecule has 1 saturated heterocycles. The molecule has 1 aliphatic heterocycles. The minimum Gasteiger partial charge on any atom is -0.481 e. The summed E-state index contributed by atoms with van der Waals surface area (Å²) in [5.74, 6) is -0.201. The molecular formula is C11H20N2O3. The summed E-state index contributed by atoms with van der Waals surface area (Å²) in [6.07, 6.45) is 1.79. The first kappa shape index (κ1) is 11.8. The highest BCUT2D eigenvalue weighted by Crippen LogP contribution is 2.31. The minimum absolute atomic E-state index is 0.131. The van der Waals surface area contributed by atoms with E-state index in [0.29, 0.717) is 5.92 Å². The molecule has 1 saturated carbocycles. The lowest BCUT2D eigenvalue weighted by Crippen LogP contribution is -2.69. The van der Waals surface area contributed by atoms with Gasteiger partial charge in [0.15, 0.2) is 0 Å². The van der Waals surface area contributed by atoms with Gasteiger partial charge in [-0.1, -0.05) is 0 Å². The van der Waals surface area contributed by atoms with Crippen molar-refractivity contribution in [3.63, 3.8) is 0 Å². The zero-order valence-electron chi connectivity index (χ0n) is 9.65. The van der Waals surface area contributed by atoms with Gasteiger partial charge in [0.2, 0.25) is 0 Å². The smallest absolute Gasteiger partial charge is 0.305 e. The molecule has 5 heteroatoms. The van der Waals surface area contributed by atoms with E-state index in [1.807, 2.05) is 7.05 Å². The molecule has 1 aliphatic carbocycles. The molecule has 2 aliphatic rings. The Kier molecular flexibility index (Phi) is 3.19. The van der Waals surface area contributed by atoms with Crippen molar-refractivity contribution in [1.29, 1.82) is 0 Å². The molecular weight excluding hydrogens is 208 g/mol. The second-order valence-electron chi connectivity index (χ2n) is 5.27. The summed E-state index contributed by atoms with van der Waals surface area (Å²) in [7, 11) is 1.99. The number of carboxylic acid groups (broad SMARTS) is 1. The van der Waals surface area contributed by atoms with Crippen LogP contribution in [0.15, 0.2) is 0 Å². The predicted molar refractivity (Wildman–Crippen MR) is 59.2 cm³/mol. The molecule has 0 spiro atoms. The predicted octanol–water partition coefficient (Wildman–Crippen LogP) is -0.494. The molecule has 3 N–H and O–H groups in total. The molecule has 1 heterocycles. The molecule has 16 heavy (non-hydrogen) atoms. The molecule has 2 fully saturated rings. The molecule has 2 rings (SSSR count). The Morgan fingerprint density at radius 1 is 1.50 bits per heavy atom. The molecule has 0 amide bonds. The van der Waals surface area contributed by atoms with Crippen LogP contribution in [0.3, 0.4) is 0 Å². The van der Waals surface area contributed by atoms with Gasteiger partial charge in [-0.2, -0.15) is 0 Å². The van der Waals surface area contributed by atoms with E-state index >= 15 is 0 Å². The van der Waals surface area contributed by atoms with E-state index in [1.165, 1.54) is 0 Å². The van der Waals surface area contributed by atoms with Gasteiger partial charge >= 0.3 is 5.97 Å². The monoisotopic (exact) mass is 228 g/mol. The molecule has 0 unspecified atom stereocenters. The summed E-state index contributed by atoms with van der Waals surface area (Å²) in [4.78, 5) is 13.0. The fraction of sp³-hybridized carbons (Fsp3) is 0.909. The number of aliphatic hydroxyl groups is 1. The zero-order valence-corrected chi connectivity index (χ0v) is 9.65. The van der Waals surface area contributed by atoms with Crippen molar-refractivity contribution in [2.75, 3.05) is 26.7 Å². The Hall–Kier alpha value is -0.650. The third-order valence-corrected chi connectivity index (χ3v) is 3.94. The first-order valence-corrected chi connectivity index (χ1v) is 5.84. The van der Waals surface area contributed by atoms with Gasteiger partial charge in [-0.25, -0.2) is 0 Å². The van der Waals surface area contributed by atoms with Crippen LogP contribution >= 0.6 is 0 Å². The molecule has 0 aromatic rings. The number of carboxylic acids is 1. The van der Waals surface area contributed by atoms with Gasteiger partial charge < -0.3 is 15.5 Å². The second-order valence-corrected chi connectivity index (χ2v) is 5.27. The van der Waals surface area contributed by atoms with Crippen molar-refractivity contribution in [3.8, 4) is 0 Å². The second kappa shape index (κ2) is 4.31. The molecule has 5 nitrogen and oxygen atoms in total. The quantitative estimate of drug-likeness (QED) is 0.592. The van der Waals surface area contributed by atoms with Gasteiger partial charge in [-0.05, 0) is 25.8 Å². The van der Waals surface area contributed by atoms with Gasteiger partial charge in [-0.15, -0.1) is 0 Å². The highest BCUT2D eigenvalue weighted by molar-refractivity contribution is 5.68. The van der Waals surface area contributed by atoms with Gasteiger partial charge in [0.1, 0.15) is 0 Å². The molecule has 0 radical (unpaired) electrons. The summed E-state index contributed by atoms with van der Waals surface area (Å²) in [5, 5.41) is 21.3. The summed E-state index contributed by atoms with van der Waals surface area (Å²) >= 11 is 0. The van der Waals surface area contributed by atoms with E-state index in [-0.39, 0.29) is 18.1 Å². The lowest BCUT2D eigenvalue weighted by Gasteiger charge is -2.50. The number of aliphatic carboxylic acids is 1. The lowest BCUT2D eigenvalue weighted by atomic mass is 9.79. The summed E-state index contributed by atoms with van der Waals surface area (Å²) in [6, 6.07) is 0. The van der Waals surface area contributed by atoms with Gasteiger partial charge in [0.25, 0.3) is 0 Å². The maximum Gasteiger partial charge on any atom is 0.305 e. The molecule has 92 valence electrons. The van der Waals surface area contributed by atoms with E-state index < -0.39 is 5.97 Å². The number of likely N-dealkylation sites (N-methyl/N-ethyl adjacent to an activating group) is 1. The van der Waals surface area contributed by atoms with Crippen molar-refractivity contribution in [2.45, 2.75) is 30.9 Å². The number of hydrogen-bond acceptors (Lipinski definition) is 4. The number of hydrogen-bond donors (Lipinski definition) is 3. The van der Waals surface area contributed by atoms with Crippen LogP contribution in [-0.4, -0.2) is 59.4 Å². The largest absolute Gasteiger partial charge is 0.481 e. The molecule has 0 atom stereocenters. The maximum atomic E-state index is 10.8. The SMILES string of the molecule is CN(CC1CC(O)C1)C1(CC(=O)O)CNC1. The summed E-state index contributed by atoms with van der Waals surface area (Å²) in [6.45, 7) is 2.40. The number of nitrogens with one attached hydrogen (secondary N) is 1. The van der Waals surface area contributed by atoms with Crippen LogP contribution in [0.5, 0.6) is 0 Å². The van der Waals surface area contributed by atoms with Crippen LogP contribution in [0.2, 0.25) is 0 Å². The van der Waals surface area contributed by atoms with E-state index in [0.717, 1.165) is 32.5 Å². The average Bonchev–Trinajstić information content (AvgIpc) is 2.08. The van der Waals surface area contributed by atoms with E-state index in [4.69, 9.17) is 5.11 Å². The standard InChI is InChI=1S/C11H20N2O3/c1-13(5-8-2-9(14)3-8)11(4-10(15)16)6-12-7-11/h8-9,12,14H,2-7H2,1H3,(H,15,16). The third kappa shape index (κ3) is 2.21. The fourth-order valence-electron chi connectivity index (χ4n) is 2.66. The van der Waals surface area contributed by atoms with Crippen LogP contribution in [0, 0.1) is 5.92 Å². The highest BCUT2D eigenvalue weighted by Gasteiger charge is 2.44. The summed E-state index contributed by atoms with van der Waals surface area (Å²) in [5.41, 5.74) is -0.202. The van der Waals surface area contributed by atoms with Crippen LogP contribution < -0.4 is 5.32 Å². The lowest BCUT2D eigenvalue weighted by molar-refractivity contribution is -0.142. The van der Waals surface area contributed by atoms with E-state index in [1.54, 1.807) is 0 Å². The molecule has 0 aromatic heterocycles. The van der Waals surface area contributed by atoms with Crippen LogP contribution in [-0.2, 0) is 4.79 Å². The van der Waals surface area contributed by atoms with E-state index in [9.17, 15) is 9.90 Å². The number of carbonyl (C=O) groups is 1. The number of nitrogens with zero attached hydrogens (tertiary/aromatic N) is 1. The third-order valence-electron chi connectivity index (χ3n) is 3.94. The molecule has 0 aromatic carbocycles. The summed E-state index contributed by atoms with van der Waals surface area (Å²) < 4.78 is 0. The van der Waals surface area contributed by atoms with Crippen molar-refractivity contribution in [3.05, 3.63) is 0 Å². The van der Waals surface area contributed by atoms with E-state index in [2.05, 4.69) is 10.2 Å². The maximum absolute atomic E-state index is 10.8. The average molecular weight is 228 g/mol. The Balaban J connectivity index is 1.86. The first-order chi connectivity index (χ1) is 7.52. The van der Waals surface area contributed by atoms with Crippen LogP contribution in [0.25, 0.3) is 0 Å². The number of rotatable bonds is 5. The van der Waals surface area contributed by atoms with Crippen molar-refractivity contribution >= 4 is 5.97 Å². The number of aliphatic hydroxyl groups excluding tert-OH is 1. The Morgan fingerprint density at radius 3 is 2.50 bits per heavy atom. The first-order valence-electron chi connectivity index (χ1n) is 5.84. The van der Waals surface area contributed by atoms with Crippen molar-refractivity contribution in [1.82, 2.24) is 10.2 Å². The topological polar surface area (TPSA) is 72.8 Å². The van der Waals surface area contributed by atoms with Crippen molar-refractivity contribution in [2.24, 2.45) is 5.92 Å². The van der Waals surface area contributed by atoms with Crippen molar-refractivity contribution < 1.29 is 15.0 Å². The van der Waals surface area contributed by atoms with Gasteiger partial charge in [0, 0.05) is 19.6 Å². The minimum atomic E-state index is -0.734. The highest BCUT2D eigenvalue weighted by atomic mass is 16.4. The van der Waals surface area contributed by atoms with Crippen LogP contribution in [0.1, 0.15) is 19.3 Å². The Labute approximate surface area is 95.4 Å². The Morgan fingerprint density at radius 2 is 2.12 bits per heavy atom. The van der Waals surface area contributed by atoms with Crippen LogP contribution in [0.4, 0.5) is 0 Å². The van der Waals surface area contributed by atoms with Gasteiger partial charge in [0.05, 0.1) is 18.1 Å².